The monoisotopic (exact) mass is 576 g/mol. The zero-order valence-electron chi connectivity index (χ0n) is 26.3. The second-order valence-electron chi connectivity index (χ2n) is 11.7. The van der Waals surface area contributed by atoms with E-state index in [1.807, 2.05) is 123 Å². The van der Waals surface area contributed by atoms with Crippen molar-refractivity contribution >= 4 is 11.6 Å². The highest BCUT2D eigenvalue weighted by atomic mass is 16.5. The van der Waals surface area contributed by atoms with Gasteiger partial charge in [-0.2, -0.15) is 0 Å². The van der Waals surface area contributed by atoms with E-state index in [0.29, 0.717) is 48.3 Å². The van der Waals surface area contributed by atoms with Crippen LogP contribution in [-0.4, -0.2) is 60.6 Å². The third-order valence-corrected chi connectivity index (χ3v) is 8.87. The molecule has 0 bridgehead atoms. The van der Waals surface area contributed by atoms with E-state index in [2.05, 4.69) is 38.1 Å². The maximum absolute atomic E-state index is 13.9. The summed E-state index contributed by atoms with van der Waals surface area (Å²) in [6.45, 7) is 4.13. The van der Waals surface area contributed by atoms with Crippen molar-refractivity contribution in [2.24, 2.45) is 0 Å². The molecule has 0 saturated heterocycles. The van der Waals surface area contributed by atoms with E-state index < -0.39 is 11.1 Å². The number of Topliss-reactive ketones (excluding diaryl/α,β-unsaturated/α-hetero) is 2. The summed E-state index contributed by atoms with van der Waals surface area (Å²) in [5.41, 5.74) is 2.28. The molecular formula is C38H44N2O3. The highest BCUT2D eigenvalue weighted by molar-refractivity contribution is 6.04. The third-order valence-electron chi connectivity index (χ3n) is 8.87. The Bertz CT molecular complexity index is 1370. The Hall–Kier alpha value is -4.06. The van der Waals surface area contributed by atoms with E-state index in [-0.39, 0.29) is 11.6 Å². The van der Waals surface area contributed by atoms with Gasteiger partial charge in [0.15, 0.2) is 11.6 Å². The first-order valence-electron chi connectivity index (χ1n) is 15.1. The molecule has 0 aliphatic rings. The van der Waals surface area contributed by atoms with Gasteiger partial charge >= 0.3 is 0 Å². The van der Waals surface area contributed by atoms with Gasteiger partial charge in [0, 0.05) is 11.1 Å². The van der Waals surface area contributed by atoms with Crippen LogP contribution in [0.1, 0.15) is 58.5 Å². The maximum atomic E-state index is 13.9. The van der Waals surface area contributed by atoms with Gasteiger partial charge < -0.3 is 4.74 Å². The van der Waals surface area contributed by atoms with Gasteiger partial charge in [-0.25, -0.2) is 0 Å². The van der Waals surface area contributed by atoms with Crippen LogP contribution in [0.5, 0.6) is 11.5 Å². The molecule has 5 nitrogen and oxygen atoms in total. The maximum Gasteiger partial charge on any atom is 0.183 e. The van der Waals surface area contributed by atoms with Crippen molar-refractivity contribution in [2.75, 3.05) is 28.2 Å². The van der Waals surface area contributed by atoms with E-state index >= 15 is 0 Å². The molecule has 0 fully saturated rings. The molecule has 0 aromatic heterocycles. The molecule has 4 rings (SSSR count). The minimum absolute atomic E-state index is 0.0917. The molecular weight excluding hydrogens is 532 g/mol. The van der Waals surface area contributed by atoms with E-state index in [0.717, 1.165) is 11.1 Å². The number of likely N-dealkylation sites (N-methyl/N-ethyl adjacent to an activating group) is 2. The van der Waals surface area contributed by atoms with Crippen molar-refractivity contribution in [3.63, 3.8) is 0 Å². The zero-order chi connectivity index (χ0) is 31.0. The third kappa shape index (κ3) is 6.96. The van der Waals surface area contributed by atoms with E-state index in [4.69, 9.17) is 4.74 Å². The highest BCUT2D eigenvalue weighted by Gasteiger charge is 2.40. The van der Waals surface area contributed by atoms with E-state index in [1.54, 1.807) is 0 Å². The molecule has 0 saturated carbocycles. The zero-order valence-corrected chi connectivity index (χ0v) is 26.3. The van der Waals surface area contributed by atoms with E-state index in [9.17, 15) is 9.59 Å². The number of benzene rings is 4. The Labute approximate surface area is 257 Å². The number of rotatable bonds is 14. The van der Waals surface area contributed by atoms with Gasteiger partial charge in [0.1, 0.15) is 11.5 Å². The number of hydrogen-bond donors (Lipinski definition) is 0. The normalized spacial score (nSPS) is 14.2. The first kappa shape index (κ1) is 31.9. The quantitative estimate of drug-likeness (QED) is 0.144. The summed E-state index contributed by atoms with van der Waals surface area (Å²) in [5, 5.41) is 0. The fourth-order valence-electron chi connectivity index (χ4n) is 5.98. The van der Waals surface area contributed by atoms with Gasteiger partial charge in [-0.05, 0) is 114 Å². The van der Waals surface area contributed by atoms with Crippen molar-refractivity contribution < 1.29 is 14.3 Å². The smallest absolute Gasteiger partial charge is 0.183 e. The molecule has 2 atom stereocenters. The molecule has 224 valence electrons. The number of nitrogens with zero attached hydrogens (tertiary/aromatic N) is 2. The summed E-state index contributed by atoms with van der Waals surface area (Å²) in [4.78, 5) is 31.8. The second kappa shape index (κ2) is 13.9. The van der Waals surface area contributed by atoms with Crippen molar-refractivity contribution in [2.45, 2.75) is 50.6 Å². The lowest BCUT2D eigenvalue weighted by atomic mass is 9.80. The van der Waals surface area contributed by atoms with Crippen molar-refractivity contribution in [1.82, 2.24) is 9.80 Å². The van der Waals surface area contributed by atoms with Gasteiger partial charge in [0.25, 0.3) is 0 Å². The predicted octanol–water partition coefficient (Wildman–Crippen LogP) is 7.75. The second-order valence-corrected chi connectivity index (χ2v) is 11.7. The Morgan fingerprint density at radius 3 is 1.14 bits per heavy atom. The van der Waals surface area contributed by atoms with Gasteiger partial charge in [-0.15, -0.1) is 0 Å². The first-order valence-corrected chi connectivity index (χ1v) is 15.1. The van der Waals surface area contributed by atoms with Crippen molar-refractivity contribution in [3.05, 3.63) is 131 Å². The van der Waals surface area contributed by atoms with Gasteiger partial charge in [-0.3, -0.25) is 19.4 Å². The number of carbonyl (C=O) groups is 2. The molecule has 43 heavy (non-hydrogen) atoms. The fraction of sp³-hybridized carbons (Fsp3) is 0.316. The SMILES string of the molecule is CCC(Cc1ccccc1)(C(=O)c1ccc(Oc2ccc(C(=O)C(CC)(Cc3ccccc3)N(C)C)cc2)cc1)N(C)C. The van der Waals surface area contributed by atoms with Crippen LogP contribution in [-0.2, 0) is 12.8 Å². The summed E-state index contributed by atoms with van der Waals surface area (Å²) in [7, 11) is 7.89. The van der Waals surface area contributed by atoms with Crippen LogP contribution in [0.15, 0.2) is 109 Å². The molecule has 0 radical (unpaired) electrons. The lowest BCUT2D eigenvalue weighted by molar-refractivity contribution is 0.0661. The van der Waals surface area contributed by atoms with Gasteiger partial charge in [0.2, 0.25) is 0 Å². The molecule has 4 aromatic carbocycles. The minimum atomic E-state index is -0.646. The summed E-state index contributed by atoms with van der Waals surface area (Å²) in [6.07, 6.45) is 2.65. The Balaban J connectivity index is 1.49. The molecule has 0 aliphatic heterocycles. The van der Waals surface area contributed by atoms with Gasteiger partial charge in [-0.1, -0.05) is 74.5 Å². The Morgan fingerprint density at radius 1 is 0.535 bits per heavy atom. The average Bonchev–Trinajstić information content (AvgIpc) is 3.03. The van der Waals surface area contributed by atoms with Crippen LogP contribution in [0, 0.1) is 0 Å². The lowest BCUT2D eigenvalue weighted by Crippen LogP contribution is -2.52. The standard InChI is InChI=1S/C38H44N2O3/c1-7-37(39(3)4,27-29-15-11-9-12-16-29)35(41)31-19-23-33(24-20-31)43-34-25-21-32(22-26-34)36(42)38(8-2,40(5)6)28-30-17-13-10-14-18-30/h9-26H,7-8,27-28H2,1-6H3. The molecule has 5 heteroatoms. The molecule has 2 unspecified atom stereocenters. The number of carbonyl (C=O) groups excluding carboxylic acids is 2. The predicted molar refractivity (Wildman–Crippen MR) is 175 cm³/mol. The molecule has 0 N–H and O–H groups in total. The molecule has 0 heterocycles. The van der Waals surface area contributed by atoms with Crippen LogP contribution in [0.3, 0.4) is 0 Å². The minimum Gasteiger partial charge on any atom is -0.457 e. The molecule has 0 spiro atoms. The lowest BCUT2D eigenvalue weighted by Gasteiger charge is -2.38. The fourth-order valence-corrected chi connectivity index (χ4v) is 5.98. The highest BCUT2D eigenvalue weighted by Crippen LogP contribution is 2.31. The van der Waals surface area contributed by atoms with Crippen LogP contribution in [0.2, 0.25) is 0 Å². The topological polar surface area (TPSA) is 49.9 Å². The van der Waals surface area contributed by atoms with Crippen LogP contribution < -0.4 is 4.74 Å². The van der Waals surface area contributed by atoms with Crippen LogP contribution >= 0.6 is 0 Å². The summed E-state index contributed by atoms with van der Waals surface area (Å²) < 4.78 is 6.11. The first-order chi connectivity index (χ1) is 20.6. The van der Waals surface area contributed by atoms with Gasteiger partial charge in [0.05, 0.1) is 11.1 Å². The summed E-state index contributed by atoms with van der Waals surface area (Å²) in [6, 6.07) is 35.0. The molecule has 4 aromatic rings. The van der Waals surface area contributed by atoms with Crippen LogP contribution in [0.25, 0.3) is 0 Å². The Morgan fingerprint density at radius 2 is 0.860 bits per heavy atom. The van der Waals surface area contributed by atoms with Crippen molar-refractivity contribution in [1.29, 1.82) is 0 Å². The Kier molecular flexibility index (Phi) is 10.3. The summed E-state index contributed by atoms with van der Waals surface area (Å²) in [5.74, 6) is 1.44. The largest absolute Gasteiger partial charge is 0.457 e. The van der Waals surface area contributed by atoms with Crippen molar-refractivity contribution in [3.8, 4) is 11.5 Å². The number of ether oxygens (including phenoxy) is 1. The molecule has 0 aliphatic carbocycles. The molecule has 0 amide bonds. The number of ketones is 2. The van der Waals surface area contributed by atoms with Crippen LogP contribution in [0.4, 0.5) is 0 Å². The van der Waals surface area contributed by atoms with E-state index in [1.165, 1.54) is 0 Å². The number of hydrogen-bond acceptors (Lipinski definition) is 5. The average molecular weight is 577 g/mol. The summed E-state index contributed by atoms with van der Waals surface area (Å²) >= 11 is 0.